The predicted octanol–water partition coefficient (Wildman–Crippen LogP) is 3.74. The molecule has 0 fully saturated rings. The van der Waals surface area contributed by atoms with Crippen LogP contribution in [0.25, 0.3) is 0 Å². The van der Waals surface area contributed by atoms with Crippen molar-refractivity contribution in [3.05, 3.63) is 90.0 Å². The standard InChI is InChI=1S/C25H18BNO/c1-15-10-12-20-17(14-15)16-11-13-23-24-25(16)27(20)21-8-4-2-6-18(21)26(24)19-7-3-5-9-22(19)28-23/h2-14,17,20H,1H3. The summed E-state index contributed by atoms with van der Waals surface area (Å²) < 4.78 is 6.38. The normalized spacial score (nSPS) is 22.0. The number of hydrogen-bond acceptors (Lipinski definition) is 2. The first kappa shape index (κ1) is 14.8. The van der Waals surface area contributed by atoms with Crippen LogP contribution < -0.4 is 26.0 Å². The quantitative estimate of drug-likeness (QED) is 0.444. The predicted molar refractivity (Wildman–Crippen MR) is 116 cm³/mol. The lowest BCUT2D eigenvalue weighted by molar-refractivity contribution is 0.487. The van der Waals surface area contributed by atoms with Crippen LogP contribution in [0.1, 0.15) is 18.4 Å². The minimum atomic E-state index is 0.233. The van der Waals surface area contributed by atoms with E-state index in [0.29, 0.717) is 12.0 Å². The highest BCUT2D eigenvalue weighted by molar-refractivity contribution is 6.99. The van der Waals surface area contributed by atoms with E-state index in [1.54, 1.807) is 0 Å². The van der Waals surface area contributed by atoms with Gasteiger partial charge < -0.3 is 9.64 Å². The lowest BCUT2D eigenvalue weighted by atomic mass is 9.34. The van der Waals surface area contributed by atoms with Gasteiger partial charge in [0.2, 0.25) is 0 Å². The van der Waals surface area contributed by atoms with E-state index in [9.17, 15) is 0 Å². The second-order valence-electron chi connectivity index (χ2n) is 8.20. The highest BCUT2D eigenvalue weighted by Crippen LogP contribution is 2.50. The maximum Gasteiger partial charge on any atom is 0.256 e. The van der Waals surface area contributed by atoms with Gasteiger partial charge in [0.25, 0.3) is 6.71 Å². The molecular weight excluding hydrogens is 341 g/mol. The maximum absolute atomic E-state index is 6.38. The van der Waals surface area contributed by atoms with Crippen molar-refractivity contribution in [1.29, 1.82) is 0 Å². The molecular formula is C25H18BNO. The van der Waals surface area contributed by atoms with E-state index in [4.69, 9.17) is 4.74 Å². The minimum Gasteiger partial charge on any atom is -0.458 e. The van der Waals surface area contributed by atoms with Gasteiger partial charge >= 0.3 is 0 Å². The number of ether oxygens (including phenoxy) is 1. The van der Waals surface area contributed by atoms with Gasteiger partial charge in [0.1, 0.15) is 11.5 Å². The molecule has 3 heteroatoms. The minimum absolute atomic E-state index is 0.233. The smallest absolute Gasteiger partial charge is 0.256 e. The van der Waals surface area contributed by atoms with Gasteiger partial charge in [-0.2, -0.15) is 0 Å². The number of rotatable bonds is 0. The van der Waals surface area contributed by atoms with Crippen LogP contribution in [0.5, 0.6) is 11.5 Å². The van der Waals surface area contributed by atoms with Crippen molar-refractivity contribution in [2.75, 3.05) is 4.90 Å². The molecule has 0 spiro atoms. The molecule has 3 heterocycles. The lowest BCUT2D eigenvalue weighted by Crippen LogP contribution is -2.60. The zero-order chi connectivity index (χ0) is 18.4. The largest absolute Gasteiger partial charge is 0.458 e. The third-order valence-electron chi connectivity index (χ3n) is 6.72. The molecule has 2 atom stereocenters. The van der Waals surface area contributed by atoms with Gasteiger partial charge in [-0.05, 0) is 47.1 Å². The number of anilines is 2. The Morgan fingerprint density at radius 2 is 1.71 bits per heavy atom. The molecule has 2 unspecified atom stereocenters. The van der Waals surface area contributed by atoms with Crippen molar-refractivity contribution >= 4 is 34.5 Å². The van der Waals surface area contributed by atoms with E-state index >= 15 is 0 Å². The highest BCUT2D eigenvalue weighted by atomic mass is 16.5. The molecule has 132 valence electrons. The van der Waals surface area contributed by atoms with E-state index in [-0.39, 0.29) is 6.71 Å². The van der Waals surface area contributed by atoms with Crippen LogP contribution >= 0.6 is 0 Å². The summed E-state index contributed by atoms with van der Waals surface area (Å²) in [7, 11) is 0. The van der Waals surface area contributed by atoms with Crippen LogP contribution in [-0.2, 0) is 0 Å². The monoisotopic (exact) mass is 359 g/mol. The summed E-state index contributed by atoms with van der Waals surface area (Å²) in [5.74, 6) is 2.38. The molecule has 0 saturated heterocycles. The Balaban J connectivity index is 1.60. The molecule has 2 nitrogen and oxygen atoms in total. The highest BCUT2D eigenvalue weighted by Gasteiger charge is 2.48. The first-order chi connectivity index (χ1) is 13.8. The molecule has 0 bridgehead atoms. The molecule has 3 aliphatic heterocycles. The number of benzene rings is 3. The van der Waals surface area contributed by atoms with Crippen molar-refractivity contribution in [3.8, 4) is 11.5 Å². The molecule has 0 radical (unpaired) electrons. The molecule has 7 rings (SSSR count). The van der Waals surface area contributed by atoms with E-state index in [1.165, 1.54) is 38.9 Å². The zero-order valence-electron chi connectivity index (χ0n) is 15.6. The Hall–Kier alpha value is -3.20. The van der Waals surface area contributed by atoms with Crippen LogP contribution in [0.3, 0.4) is 0 Å². The third kappa shape index (κ3) is 1.66. The van der Waals surface area contributed by atoms with Crippen molar-refractivity contribution in [2.45, 2.75) is 18.9 Å². The van der Waals surface area contributed by atoms with E-state index in [1.807, 2.05) is 0 Å². The summed E-state index contributed by atoms with van der Waals surface area (Å²) in [6.07, 6.45) is 7.07. The van der Waals surface area contributed by atoms with Gasteiger partial charge in [-0.1, -0.05) is 66.3 Å². The number of fused-ring (bicyclic) bond motifs is 8. The Labute approximate surface area is 164 Å². The van der Waals surface area contributed by atoms with Crippen LogP contribution in [0.4, 0.5) is 11.4 Å². The summed E-state index contributed by atoms with van der Waals surface area (Å²) >= 11 is 0. The second kappa shape index (κ2) is 4.99. The fourth-order valence-electron chi connectivity index (χ4n) is 5.63. The van der Waals surface area contributed by atoms with Crippen LogP contribution in [0.2, 0.25) is 0 Å². The van der Waals surface area contributed by atoms with E-state index in [2.05, 4.69) is 90.7 Å². The summed E-state index contributed by atoms with van der Waals surface area (Å²) in [6.45, 7) is 2.43. The fraction of sp³-hybridized carbons (Fsp3) is 0.120. The Kier molecular flexibility index (Phi) is 2.64. The topological polar surface area (TPSA) is 12.5 Å². The van der Waals surface area contributed by atoms with Gasteiger partial charge in [0, 0.05) is 17.3 Å². The summed E-state index contributed by atoms with van der Waals surface area (Å²) in [6, 6.07) is 22.2. The van der Waals surface area contributed by atoms with Crippen molar-refractivity contribution in [3.63, 3.8) is 0 Å². The van der Waals surface area contributed by atoms with Gasteiger partial charge in [-0.15, -0.1) is 0 Å². The van der Waals surface area contributed by atoms with Gasteiger partial charge in [-0.25, -0.2) is 0 Å². The molecule has 1 aliphatic carbocycles. The molecule has 0 aromatic heterocycles. The molecule has 0 saturated carbocycles. The Bertz CT molecular complexity index is 1240. The van der Waals surface area contributed by atoms with Gasteiger partial charge in [0.05, 0.1) is 6.04 Å². The van der Waals surface area contributed by atoms with Crippen molar-refractivity contribution in [2.24, 2.45) is 0 Å². The van der Waals surface area contributed by atoms with Crippen molar-refractivity contribution in [1.82, 2.24) is 0 Å². The number of allylic oxidation sites excluding steroid dienone is 2. The molecule has 0 N–H and O–H groups in total. The maximum atomic E-state index is 6.38. The van der Waals surface area contributed by atoms with Crippen LogP contribution in [-0.4, -0.2) is 12.8 Å². The number of hydrogen-bond donors (Lipinski definition) is 0. The fourth-order valence-corrected chi connectivity index (χ4v) is 5.63. The lowest BCUT2D eigenvalue weighted by Gasteiger charge is -2.40. The molecule has 4 aliphatic rings. The number of para-hydroxylation sites is 2. The van der Waals surface area contributed by atoms with Crippen LogP contribution in [0, 0.1) is 0 Å². The second-order valence-corrected chi connectivity index (χ2v) is 8.20. The first-order valence-electron chi connectivity index (χ1n) is 9.99. The summed E-state index contributed by atoms with van der Waals surface area (Å²) in [4.78, 5) is 2.56. The average Bonchev–Trinajstić information content (AvgIpc) is 3.06. The average molecular weight is 359 g/mol. The third-order valence-corrected chi connectivity index (χ3v) is 6.72. The molecule has 28 heavy (non-hydrogen) atoms. The van der Waals surface area contributed by atoms with E-state index < -0.39 is 0 Å². The molecule has 3 aromatic carbocycles. The summed E-state index contributed by atoms with van der Waals surface area (Å²) in [5, 5.41) is 0. The molecule has 0 amide bonds. The van der Waals surface area contributed by atoms with Gasteiger partial charge in [0.15, 0.2) is 0 Å². The number of nitrogens with zero attached hydrogens (tertiary/aromatic N) is 1. The van der Waals surface area contributed by atoms with Gasteiger partial charge in [-0.3, -0.25) is 0 Å². The Morgan fingerprint density at radius 1 is 0.893 bits per heavy atom. The Morgan fingerprint density at radius 3 is 2.64 bits per heavy atom. The van der Waals surface area contributed by atoms with E-state index in [0.717, 1.165) is 11.5 Å². The van der Waals surface area contributed by atoms with Crippen molar-refractivity contribution < 1.29 is 4.74 Å². The SMILES string of the molecule is CC1=CC2c3ccc4c5c3N(c3ccccc3B5c3ccccc3O4)C2C=C1. The molecule has 3 aromatic rings. The summed E-state index contributed by atoms with van der Waals surface area (Å²) in [5.41, 5.74) is 9.45. The zero-order valence-corrected chi connectivity index (χ0v) is 15.6. The van der Waals surface area contributed by atoms with Crippen LogP contribution in [0.15, 0.2) is 84.5 Å². The first-order valence-corrected chi connectivity index (χ1v) is 9.99.